The van der Waals surface area contributed by atoms with Gasteiger partial charge in [0.25, 0.3) is 5.82 Å². The number of nitrogens with zero attached hydrogens (tertiary/aromatic N) is 6. The van der Waals surface area contributed by atoms with Gasteiger partial charge in [-0.15, -0.1) is 4.98 Å². The molecule has 6 heteroatoms. The van der Waals surface area contributed by atoms with E-state index in [2.05, 4.69) is 39.2 Å². The van der Waals surface area contributed by atoms with E-state index >= 15 is 0 Å². The van der Waals surface area contributed by atoms with Gasteiger partial charge in [0.2, 0.25) is 23.7 Å². The van der Waals surface area contributed by atoms with Gasteiger partial charge in [-0.25, -0.2) is 9.55 Å². The van der Waals surface area contributed by atoms with Gasteiger partial charge in [0.15, 0.2) is 6.20 Å². The largest absolute Gasteiger partial charge is 0.267 e. The summed E-state index contributed by atoms with van der Waals surface area (Å²) >= 11 is 0. The molecule has 0 saturated heterocycles. The molecule has 6 nitrogen and oxygen atoms in total. The first-order chi connectivity index (χ1) is 14.8. The monoisotopic (exact) mass is 388 g/mol. The van der Waals surface area contributed by atoms with E-state index in [9.17, 15) is 0 Å². The van der Waals surface area contributed by atoms with Gasteiger partial charge in [-0.2, -0.15) is 4.57 Å². The molecule has 0 spiro atoms. The summed E-state index contributed by atoms with van der Waals surface area (Å²) in [4.78, 5) is 18.1. The van der Waals surface area contributed by atoms with Crippen LogP contribution in [-0.2, 0) is 0 Å². The molecule has 6 rings (SSSR count). The fourth-order valence-corrected chi connectivity index (χ4v) is 3.61. The highest BCUT2D eigenvalue weighted by atomic mass is 15.1. The highest BCUT2D eigenvalue weighted by molar-refractivity contribution is 5.79. The predicted octanol–water partition coefficient (Wildman–Crippen LogP) is 3.28. The van der Waals surface area contributed by atoms with Gasteiger partial charge in [0.1, 0.15) is 5.52 Å². The number of rotatable bonds is 2. The summed E-state index contributed by atoms with van der Waals surface area (Å²) in [6.07, 6.45) is 13.3. The van der Waals surface area contributed by atoms with Crippen LogP contribution in [0.4, 0.5) is 0 Å². The first-order valence-electron chi connectivity index (χ1n) is 9.62. The van der Waals surface area contributed by atoms with Crippen LogP contribution in [0.3, 0.4) is 0 Å². The number of para-hydroxylation sites is 1. The standard InChI is InChI=1S/C24H16N6/c1-2-4-21-18(3-1)14-30(16-27-21)24-6-5-17-8-10-29(15-23(17)28-24)20-11-19-12-25-9-7-22(19)26-13-20/h1-16H/q+2. The van der Waals surface area contributed by atoms with E-state index in [0.717, 1.165) is 44.2 Å². The van der Waals surface area contributed by atoms with Gasteiger partial charge in [0, 0.05) is 46.8 Å². The van der Waals surface area contributed by atoms with Gasteiger partial charge in [0.05, 0.1) is 17.9 Å². The van der Waals surface area contributed by atoms with Crippen molar-refractivity contribution < 1.29 is 9.13 Å². The summed E-state index contributed by atoms with van der Waals surface area (Å²) in [5, 5.41) is 3.14. The molecule has 0 fully saturated rings. The first-order valence-corrected chi connectivity index (χ1v) is 9.62. The van der Waals surface area contributed by atoms with Crippen molar-refractivity contribution in [1.82, 2.24) is 19.9 Å². The first kappa shape index (κ1) is 16.6. The Hall–Kier alpha value is -4.32. The summed E-state index contributed by atoms with van der Waals surface area (Å²) < 4.78 is 3.98. The van der Waals surface area contributed by atoms with Crippen LogP contribution in [0.2, 0.25) is 0 Å². The molecular formula is C24H16N6+2. The molecule has 5 heterocycles. The lowest BCUT2D eigenvalue weighted by Gasteiger charge is -2.01. The van der Waals surface area contributed by atoms with Crippen LogP contribution in [0, 0.1) is 0 Å². The second-order valence-electron chi connectivity index (χ2n) is 7.10. The minimum atomic E-state index is 0.819. The average Bonchev–Trinajstić information content (AvgIpc) is 2.82. The molecular weight excluding hydrogens is 372 g/mol. The fraction of sp³-hybridized carbons (Fsp3) is 0. The number of pyridine rings is 4. The Morgan fingerprint density at radius 2 is 1.60 bits per heavy atom. The number of hydrogen-bond acceptors (Lipinski definition) is 4. The lowest BCUT2D eigenvalue weighted by atomic mass is 10.2. The SMILES string of the molecule is c1ccc2nc[n+](-c3ccc4cc[n+](-c5cnc6ccncc6c5)cc4n3)cc2c1. The molecule has 140 valence electrons. The molecule has 0 aliphatic rings. The molecule has 1 aromatic carbocycles. The van der Waals surface area contributed by atoms with E-state index in [4.69, 9.17) is 4.98 Å². The Morgan fingerprint density at radius 1 is 0.667 bits per heavy atom. The molecule has 6 aromatic rings. The summed E-state index contributed by atoms with van der Waals surface area (Å²) in [6, 6.07) is 18.2. The third-order valence-electron chi connectivity index (χ3n) is 5.18. The number of benzene rings is 1. The minimum absolute atomic E-state index is 0.819. The van der Waals surface area contributed by atoms with Crippen LogP contribution in [0.15, 0.2) is 98.1 Å². The van der Waals surface area contributed by atoms with Crippen LogP contribution >= 0.6 is 0 Å². The predicted molar refractivity (Wildman–Crippen MR) is 113 cm³/mol. The van der Waals surface area contributed by atoms with Crippen molar-refractivity contribution in [3.63, 3.8) is 0 Å². The minimum Gasteiger partial charge on any atom is -0.264 e. The van der Waals surface area contributed by atoms with E-state index in [1.807, 2.05) is 70.5 Å². The maximum Gasteiger partial charge on any atom is 0.267 e. The zero-order chi connectivity index (χ0) is 19.9. The van der Waals surface area contributed by atoms with Crippen LogP contribution in [0.1, 0.15) is 0 Å². The molecule has 0 aliphatic carbocycles. The van der Waals surface area contributed by atoms with Gasteiger partial charge >= 0.3 is 0 Å². The molecule has 0 aliphatic heterocycles. The summed E-state index contributed by atoms with van der Waals surface area (Å²) in [7, 11) is 0. The van der Waals surface area contributed by atoms with Gasteiger partial charge in [-0.05, 0) is 24.3 Å². The van der Waals surface area contributed by atoms with Crippen LogP contribution in [0.5, 0.6) is 0 Å². The lowest BCUT2D eigenvalue weighted by Crippen LogP contribution is -2.32. The van der Waals surface area contributed by atoms with Crippen molar-refractivity contribution in [2.24, 2.45) is 0 Å². The Bertz CT molecular complexity index is 1450. The van der Waals surface area contributed by atoms with E-state index in [1.165, 1.54) is 0 Å². The van der Waals surface area contributed by atoms with E-state index in [0.29, 0.717) is 0 Å². The number of hydrogen-bond donors (Lipinski definition) is 0. The third kappa shape index (κ3) is 2.82. The van der Waals surface area contributed by atoms with Crippen LogP contribution in [0.25, 0.3) is 44.2 Å². The molecule has 5 aromatic heterocycles. The Balaban J connectivity index is 1.46. The zero-order valence-corrected chi connectivity index (χ0v) is 15.9. The number of aromatic nitrogens is 6. The topological polar surface area (TPSA) is 59.3 Å². The Kier molecular flexibility index (Phi) is 3.67. The number of fused-ring (bicyclic) bond motifs is 3. The Morgan fingerprint density at radius 3 is 2.60 bits per heavy atom. The third-order valence-corrected chi connectivity index (χ3v) is 5.18. The van der Waals surface area contributed by atoms with Gasteiger partial charge in [-0.3, -0.25) is 4.98 Å². The van der Waals surface area contributed by atoms with Crippen molar-refractivity contribution >= 4 is 32.7 Å². The molecule has 30 heavy (non-hydrogen) atoms. The van der Waals surface area contributed by atoms with Crippen molar-refractivity contribution in [1.29, 1.82) is 0 Å². The summed E-state index contributed by atoms with van der Waals surface area (Å²) in [5.74, 6) is 0.819. The molecule has 0 atom stereocenters. The smallest absolute Gasteiger partial charge is 0.264 e. The van der Waals surface area contributed by atoms with Crippen LogP contribution < -0.4 is 9.13 Å². The van der Waals surface area contributed by atoms with Gasteiger partial charge in [-0.1, -0.05) is 17.1 Å². The van der Waals surface area contributed by atoms with Crippen molar-refractivity contribution in [3.8, 4) is 11.5 Å². The molecule has 0 radical (unpaired) electrons. The van der Waals surface area contributed by atoms with E-state index < -0.39 is 0 Å². The maximum absolute atomic E-state index is 4.87. The molecule has 0 bridgehead atoms. The Labute approximate surface area is 171 Å². The summed E-state index contributed by atoms with van der Waals surface area (Å²) in [5.41, 5.74) is 3.74. The zero-order valence-electron chi connectivity index (χ0n) is 15.9. The molecule has 0 unspecified atom stereocenters. The highest BCUT2D eigenvalue weighted by Gasteiger charge is 2.14. The molecule has 0 saturated carbocycles. The lowest BCUT2D eigenvalue weighted by molar-refractivity contribution is -0.601. The fourth-order valence-electron chi connectivity index (χ4n) is 3.61. The summed E-state index contributed by atoms with van der Waals surface area (Å²) in [6.45, 7) is 0. The van der Waals surface area contributed by atoms with Gasteiger partial charge < -0.3 is 0 Å². The normalized spacial score (nSPS) is 11.3. The van der Waals surface area contributed by atoms with Crippen molar-refractivity contribution in [2.45, 2.75) is 0 Å². The highest BCUT2D eigenvalue weighted by Crippen LogP contribution is 2.14. The second-order valence-corrected chi connectivity index (χ2v) is 7.10. The second kappa shape index (κ2) is 6.63. The quantitative estimate of drug-likeness (QED) is 0.427. The van der Waals surface area contributed by atoms with E-state index in [1.54, 1.807) is 12.5 Å². The molecule has 0 N–H and O–H groups in total. The van der Waals surface area contributed by atoms with E-state index in [-0.39, 0.29) is 0 Å². The van der Waals surface area contributed by atoms with Crippen molar-refractivity contribution in [3.05, 3.63) is 98.1 Å². The molecule has 0 amide bonds. The van der Waals surface area contributed by atoms with Crippen LogP contribution in [-0.4, -0.2) is 19.9 Å². The average molecular weight is 388 g/mol. The maximum atomic E-state index is 4.87. The van der Waals surface area contributed by atoms with Crippen molar-refractivity contribution in [2.75, 3.05) is 0 Å².